The largest absolute Gasteiger partial charge is 0.462 e. The molecule has 11 unspecified atom stereocenters. The Balaban J connectivity index is 1.48. The third kappa shape index (κ3) is 10.1. The van der Waals surface area contributed by atoms with Crippen LogP contribution >= 0.6 is 0 Å². The molecule has 4 fully saturated rings. The Morgan fingerprint density at radius 1 is 0.712 bits per heavy atom. The van der Waals surface area contributed by atoms with Crippen LogP contribution in [0, 0.1) is 46.3 Å². The van der Waals surface area contributed by atoms with Crippen LogP contribution in [0.4, 0.5) is 0 Å². The normalized spacial score (nSPS) is 34.8. The second-order valence-electron chi connectivity index (χ2n) is 18.5. The molecule has 0 radical (unpaired) electrons. The average molecular weight is 737 g/mol. The van der Waals surface area contributed by atoms with Gasteiger partial charge in [-0.1, -0.05) is 20.8 Å². The van der Waals surface area contributed by atoms with Gasteiger partial charge in [-0.2, -0.15) is 0 Å². The molecule has 0 heterocycles. The fraction of sp³-hybridized carbons (Fsp3) is 0.875. The average Bonchev–Trinajstić information content (AvgIpc) is 3.38. The van der Waals surface area contributed by atoms with Crippen molar-refractivity contribution in [2.45, 2.75) is 162 Å². The van der Waals surface area contributed by atoms with Crippen molar-refractivity contribution in [1.82, 2.24) is 0 Å². The fourth-order valence-electron chi connectivity index (χ4n) is 10.4. The van der Waals surface area contributed by atoms with E-state index in [4.69, 9.17) is 23.7 Å². The van der Waals surface area contributed by atoms with E-state index in [9.17, 15) is 34.2 Å². The topological polar surface area (TPSA) is 172 Å². The third-order valence-electron chi connectivity index (χ3n) is 12.6. The van der Waals surface area contributed by atoms with E-state index in [-0.39, 0.29) is 66.3 Å². The zero-order valence-electron chi connectivity index (χ0n) is 32.9. The van der Waals surface area contributed by atoms with Crippen molar-refractivity contribution in [2.24, 2.45) is 46.3 Å². The van der Waals surface area contributed by atoms with Crippen molar-refractivity contribution in [1.29, 1.82) is 0 Å². The monoisotopic (exact) mass is 736 g/mol. The Bertz CT molecular complexity index is 1310. The van der Waals surface area contributed by atoms with Crippen molar-refractivity contribution in [3.8, 4) is 0 Å². The molecule has 0 saturated heterocycles. The second kappa shape index (κ2) is 16.3. The number of hydrogen-bond acceptors (Lipinski definition) is 12. The Labute approximate surface area is 309 Å². The van der Waals surface area contributed by atoms with Crippen LogP contribution in [-0.4, -0.2) is 82.8 Å². The van der Waals surface area contributed by atoms with Crippen molar-refractivity contribution in [3.63, 3.8) is 0 Å². The Kier molecular flexibility index (Phi) is 13.2. The zero-order valence-corrected chi connectivity index (χ0v) is 32.9. The standard InChI is InChI=1S/C40H64O12/c1-23(10-13-31(43)48-21-34(46)51-37(2,3)4)26-11-12-27-36-28(39(8)17-16-25(41)18-24(39)19-29(36)42)20-30(40(26,27)9)50-33(45)15-14-32(44)49-22-35(47)52-38(5,6)7/h23-30,36,41-42H,10-22H2,1-9H3. The van der Waals surface area contributed by atoms with E-state index < -0.39 is 71.9 Å². The van der Waals surface area contributed by atoms with E-state index in [2.05, 4.69) is 20.8 Å². The van der Waals surface area contributed by atoms with Crippen LogP contribution in [-0.2, 0) is 47.7 Å². The van der Waals surface area contributed by atoms with Crippen LogP contribution in [0.3, 0.4) is 0 Å². The summed E-state index contributed by atoms with van der Waals surface area (Å²) >= 11 is 0. The van der Waals surface area contributed by atoms with Crippen LogP contribution in [0.25, 0.3) is 0 Å². The first kappa shape index (κ1) is 42.0. The summed E-state index contributed by atoms with van der Waals surface area (Å²) in [6.45, 7) is 15.9. The third-order valence-corrected chi connectivity index (χ3v) is 12.6. The molecule has 0 aromatic heterocycles. The van der Waals surface area contributed by atoms with Gasteiger partial charge in [-0.15, -0.1) is 0 Å². The van der Waals surface area contributed by atoms with Crippen molar-refractivity contribution in [2.75, 3.05) is 13.2 Å². The summed E-state index contributed by atoms with van der Waals surface area (Å²) < 4.78 is 27.1. The fourth-order valence-corrected chi connectivity index (χ4v) is 10.4. The number of ether oxygens (including phenoxy) is 5. The van der Waals surface area contributed by atoms with Crippen LogP contribution in [0.15, 0.2) is 0 Å². The molecule has 0 aliphatic heterocycles. The van der Waals surface area contributed by atoms with Crippen molar-refractivity contribution >= 4 is 29.8 Å². The number of aliphatic hydroxyl groups excluding tert-OH is 2. The van der Waals surface area contributed by atoms with Gasteiger partial charge in [0.2, 0.25) is 0 Å². The first-order valence-corrected chi connectivity index (χ1v) is 19.3. The Morgan fingerprint density at radius 3 is 1.85 bits per heavy atom. The van der Waals surface area contributed by atoms with E-state index in [1.807, 2.05) is 0 Å². The molecular weight excluding hydrogens is 672 g/mol. The maximum absolute atomic E-state index is 13.5. The molecular formula is C40H64O12. The maximum atomic E-state index is 13.5. The molecule has 11 atom stereocenters. The van der Waals surface area contributed by atoms with Gasteiger partial charge in [0.25, 0.3) is 0 Å². The number of esters is 5. The number of fused-ring (bicyclic) bond motifs is 5. The van der Waals surface area contributed by atoms with E-state index in [1.165, 1.54) is 0 Å². The van der Waals surface area contributed by atoms with Gasteiger partial charge in [-0.25, -0.2) is 9.59 Å². The van der Waals surface area contributed by atoms with Crippen LogP contribution < -0.4 is 0 Å². The van der Waals surface area contributed by atoms with Gasteiger partial charge < -0.3 is 33.9 Å². The smallest absolute Gasteiger partial charge is 0.344 e. The molecule has 0 amide bonds. The lowest BCUT2D eigenvalue weighted by Crippen LogP contribution is -2.63. The number of aliphatic hydroxyl groups is 2. The summed E-state index contributed by atoms with van der Waals surface area (Å²) in [5, 5.41) is 22.3. The number of rotatable bonds is 12. The molecule has 4 aliphatic carbocycles. The maximum Gasteiger partial charge on any atom is 0.344 e. The molecule has 4 aliphatic rings. The first-order valence-electron chi connectivity index (χ1n) is 19.3. The lowest BCUT2D eigenvalue weighted by molar-refractivity contribution is -0.218. The Hall–Kier alpha value is -2.73. The molecule has 4 saturated carbocycles. The zero-order chi connectivity index (χ0) is 38.8. The van der Waals surface area contributed by atoms with Crippen LogP contribution in [0.2, 0.25) is 0 Å². The van der Waals surface area contributed by atoms with E-state index >= 15 is 0 Å². The second-order valence-corrected chi connectivity index (χ2v) is 18.5. The molecule has 2 N–H and O–H groups in total. The van der Waals surface area contributed by atoms with E-state index in [1.54, 1.807) is 41.5 Å². The van der Waals surface area contributed by atoms with Crippen molar-refractivity contribution < 1.29 is 57.9 Å². The minimum atomic E-state index is -0.718. The van der Waals surface area contributed by atoms with Crippen molar-refractivity contribution in [3.05, 3.63) is 0 Å². The highest BCUT2D eigenvalue weighted by atomic mass is 16.6. The van der Waals surface area contributed by atoms with Gasteiger partial charge in [-0.3, -0.25) is 14.4 Å². The summed E-state index contributed by atoms with van der Waals surface area (Å²) in [6.07, 6.45) is 3.85. The molecule has 4 rings (SSSR count). The van der Waals surface area contributed by atoms with Gasteiger partial charge >= 0.3 is 29.8 Å². The minimum Gasteiger partial charge on any atom is -0.462 e. The lowest BCUT2D eigenvalue weighted by atomic mass is 9.43. The number of hydrogen-bond donors (Lipinski definition) is 2. The number of carbonyl (C=O) groups is 5. The van der Waals surface area contributed by atoms with E-state index in [0.717, 1.165) is 19.3 Å². The molecule has 0 aromatic rings. The summed E-state index contributed by atoms with van der Waals surface area (Å²) in [6, 6.07) is 0. The lowest BCUT2D eigenvalue weighted by Gasteiger charge is -2.63. The SMILES string of the molecule is CC(CCC(=O)OCC(=O)OC(C)(C)C)C1CCC2C3C(O)CC4CC(O)CCC4(C)C3CC(OC(=O)CCC(=O)OCC(=O)OC(C)(C)C)C12C. The highest BCUT2D eigenvalue weighted by molar-refractivity contribution is 5.80. The number of carbonyl (C=O) groups excluding carboxylic acids is 5. The molecule has 0 spiro atoms. The highest BCUT2D eigenvalue weighted by Crippen LogP contribution is 2.69. The van der Waals surface area contributed by atoms with Gasteiger partial charge in [0.05, 0.1) is 25.0 Å². The molecule has 296 valence electrons. The molecule has 12 heteroatoms. The highest BCUT2D eigenvalue weighted by Gasteiger charge is 2.66. The van der Waals surface area contributed by atoms with Gasteiger partial charge in [0.15, 0.2) is 13.2 Å². The summed E-state index contributed by atoms with van der Waals surface area (Å²) in [7, 11) is 0. The van der Waals surface area contributed by atoms with Gasteiger partial charge in [0, 0.05) is 11.8 Å². The van der Waals surface area contributed by atoms with E-state index in [0.29, 0.717) is 32.1 Å². The summed E-state index contributed by atoms with van der Waals surface area (Å²) in [4.78, 5) is 62.7. The minimum absolute atomic E-state index is 0.00951. The molecule has 52 heavy (non-hydrogen) atoms. The quantitative estimate of drug-likeness (QED) is 0.192. The Morgan fingerprint density at radius 2 is 1.27 bits per heavy atom. The molecule has 0 aromatic carbocycles. The molecule has 12 nitrogen and oxygen atoms in total. The molecule has 0 bridgehead atoms. The summed E-state index contributed by atoms with van der Waals surface area (Å²) in [5.74, 6) is -2.56. The van der Waals surface area contributed by atoms with Gasteiger partial charge in [-0.05, 0) is 134 Å². The summed E-state index contributed by atoms with van der Waals surface area (Å²) in [5.41, 5.74) is -2.03. The van der Waals surface area contributed by atoms with Gasteiger partial charge in [0.1, 0.15) is 17.3 Å². The first-order chi connectivity index (χ1) is 24.0. The predicted molar refractivity (Wildman–Crippen MR) is 189 cm³/mol. The predicted octanol–water partition coefficient (Wildman–Crippen LogP) is 5.47. The van der Waals surface area contributed by atoms with Crippen LogP contribution in [0.5, 0.6) is 0 Å². The van der Waals surface area contributed by atoms with Crippen LogP contribution in [0.1, 0.15) is 133 Å².